The third-order valence-electron chi connectivity index (χ3n) is 7.02. The largest absolute Gasteiger partial charge is 0.496 e. The van der Waals surface area contributed by atoms with E-state index in [1.807, 2.05) is 6.82 Å². The number of aryl methyl sites for hydroxylation is 3. The fourth-order valence-corrected chi connectivity index (χ4v) is 5.20. The summed E-state index contributed by atoms with van der Waals surface area (Å²) in [6, 6.07) is 6.92. The van der Waals surface area contributed by atoms with E-state index in [-0.39, 0.29) is 7.05 Å². The number of ether oxygens (including phenoxy) is 1. The first kappa shape index (κ1) is 19.8. The molecule has 5 heteroatoms. The van der Waals surface area contributed by atoms with E-state index < -0.39 is 0 Å². The van der Waals surface area contributed by atoms with Gasteiger partial charge in [-0.15, -0.1) is 0 Å². The van der Waals surface area contributed by atoms with Crippen molar-refractivity contribution in [3.8, 4) is 5.75 Å². The van der Waals surface area contributed by atoms with E-state index >= 15 is 0 Å². The monoisotopic (exact) mass is 402 g/mol. The molecule has 0 radical (unpaired) electrons. The molecular formula is C25H31BN2O2. The molecule has 1 saturated carbocycles. The van der Waals surface area contributed by atoms with Crippen molar-refractivity contribution in [1.29, 1.82) is 0 Å². The fraction of sp³-hybridized carbons (Fsp3) is 0.480. The van der Waals surface area contributed by atoms with E-state index in [9.17, 15) is 5.02 Å². The van der Waals surface area contributed by atoms with Crippen LogP contribution in [0.25, 0.3) is 5.57 Å². The maximum atomic E-state index is 10.0. The van der Waals surface area contributed by atoms with Crippen LogP contribution in [0.3, 0.4) is 0 Å². The van der Waals surface area contributed by atoms with Gasteiger partial charge in [0.15, 0.2) is 0 Å². The highest BCUT2D eigenvalue weighted by atomic mass is 16.5. The van der Waals surface area contributed by atoms with Crippen molar-refractivity contribution >= 4 is 12.6 Å². The van der Waals surface area contributed by atoms with E-state index in [0.717, 1.165) is 56.1 Å². The number of benzene rings is 1. The van der Waals surface area contributed by atoms with Gasteiger partial charge in [0.1, 0.15) is 5.75 Å². The van der Waals surface area contributed by atoms with Crippen molar-refractivity contribution in [3.05, 3.63) is 63.5 Å². The summed E-state index contributed by atoms with van der Waals surface area (Å²) >= 11 is 0. The molecule has 1 aliphatic heterocycles. The summed E-state index contributed by atoms with van der Waals surface area (Å²) < 4.78 is 5.90. The molecule has 1 N–H and O–H groups in total. The average molecular weight is 402 g/mol. The first-order valence-corrected chi connectivity index (χ1v) is 11.4. The number of methoxy groups -OCH3 is 1. The molecule has 4 nitrogen and oxygen atoms in total. The maximum Gasteiger partial charge on any atom is 0.376 e. The zero-order valence-electron chi connectivity index (χ0n) is 18.4. The van der Waals surface area contributed by atoms with Gasteiger partial charge in [-0.3, -0.25) is 4.98 Å². The van der Waals surface area contributed by atoms with E-state index in [4.69, 9.17) is 9.72 Å². The number of fused-ring (bicyclic) bond motifs is 2. The van der Waals surface area contributed by atoms with Gasteiger partial charge >= 0.3 is 7.05 Å². The molecule has 5 rings (SSSR count). The van der Waals surface area contributed by atoms with Gasteiger partial charge in [-0.25, -0.2) is 0 Å². The molecule has 2 aromatic rings. The van der Waals surface area contributed by atoms with Gasteiger partial charge < -0.3 is 14.6 Å². The summed E-state index contributed by atoms with van der Waals surface area (Å²) in [5.41, 5.74) is 10.6. The summed E-state index contributed by atoms with van der Waals surface area (Å²) in [6.45, 7) is 5.78. The van der Waals surface area contributed by atoms with Gasteiger partial charge in [-0.1, -0.05) is 17.7 Å². The molecule has 0 spiro atoms. The second-order valence-corrected chi connectivity index (χ2v) is 9.20. The Morgan fingerprint density at radius 1 is 1.07 bits per heavy atom. The Morgan fingerprint density at radius 2 is 1.80 bits per heavy atom. The molecule has 30 heavy (non-hydrogen) atoms. The molecule has 0 atom stereocenters. The van der Waals surface area contributed by atoms with E-state index in [1.165, 1.54) is 51.8 Å². The van der Waals surface area contributed by atoms with Crippen LogP contribution in [0.5, 0.6) is 5.75 Å². The minimum Gasteiger partial charge on any atom is -0.496 e. The van der Waals surface area contributed by atoms with Gasteiger partial charge in [0.2, 0.25) is 0 Å². The van der Waals surface area contributed by atoms with Crippen LogP contribution in [0.15, 0.2) is 30.0 Å². The first-order valence-electron chi connectivity index (χ1n) is 11.4. The second kappa shape index (κ2) is 7.86. The molecule has 2 heterocycles. The highest BCUT2D eigenvalue weighted by Crippen LogP contribution is 2.45. The number of piperidine rings is 1. The third kappa shape index (κ3) is 3.59. The SMILES string of the molecule is COc1cc(C)cc2c1C(=C1CCN(B(C)O)CC1)c1ncc(C3CC3)cc1CC2. The van der Waals surface area contributed by atoms with Crippen LogP contribution >= 0.6 is 0 Å². The number of hydrogen-bond acceptors (Lipinski definition) is 4. The first-order chi connectivity index (χ1) is 14.5. The lowest BCUT2D eigenvalue weighted by molar-refractivity contribution is 0.345. The number of aromatic nitrogens is 1. The standard InChI is InChI=1S/C25H31BN2O2/c1-16-12-19-6-7-20-14-21(17-4-5-17)15-27-25(20)24(23(19)22(13-16)30-3)18-8-10-28(11-9-18)26(2)29/h12-15,17,29H,4-11H2,1-3H3. The Labute approximate surface area is 180 Å². The van der Waals surface area contributed by atoms with Gasteiger partial charge in [-0.2, -0.15) is 0 Å². The van der Waals surface area contributed by atoms with Gasteiger partial charge in [0.25, 0.3) is 0 Å². The third-order valence-corrected chi connectivity index (χ3v) is 7.02. The number of nitrogens with zero attached hydrogens (tertiary/aromatic N) is 2. The minimum atomic E-state index is -0.387. The van der Waals surface area contributed by atoms with Crippen LogP contribution in [-0.4, -0.2) is 42.1 Å². The van der Waals surface area contributed by atoms with Crippen LogP contribution in [0.2, 0.25) is 6.82 Å². The molecule has 1 aromatic carbocycles. The number of hydrogen-bond donors (Lipinski definition) is 1. The maximum absolute atomic E-state index is 10.0. The van der Waals surface area contributed by atoms with Gasteiger partial charge in [-0.05, 0) is 99.6 Å². The van der Waals surface area contributed by atoms with Gasteiger partial charge in [0.05, 0.1) is 12.8 Å². The van der Waals surface area contributed by atoms with Crippen LogP contribution < -0.4 is 4.74 Å². The summed E-state index contributed by atoms with van der Waals surface area (Å²) in [5, 5.41) is 10.0. The Hall–Kier alpha value is -2.11. The Kier molecular flexibility index (Phi) is 5.20. The quantitative estimate of drug-likeness (QED) is 0.774. The van der Waals surface area contributed by atoms with Crippen molar-refractivity contribution in [2.45, 2.75) is 58.2 Å². The van der Waals surface area contributed by atoms with E-state index in [1.54, 1.807) is 7.11 Å². The van der Waals surface area contributed by atoms with Crippen molar-refractivity contribution in [1.82, 2.24) is 9.79 Å². The lowest BCUT2D eigenvalue weighted by Gasteiger charge is -2.31. The molecule has 2 aliphatic carbocycles. The van der Waals surface area contributed by atoms with Crippen molar-refractivity contribution < 1.29 is 9.76 Å². The molecule has 1 aromatic heterocycles. The van der Waals surface area contributed by atoms with E-state index in [2.05, 4.69) is 36.1 Å². The molecule has 0 bridgehead atoms. The second-order valence-electron chi connectivity index (χ2n) is 9.20. The van der Waals surface area contributed by atoms with Crippen LogP contribution in [-0.2, 0) is 12.8 Å². The number of pyridine rings is 1. The normalized spacial score (nSPS) is 19.2. The molecular weight excluding hydrogens is 371 g/mol. The van der Waals surface area contributed by atoms with Crippen LogP contribution in [0, 0.1) is 6.92 Å². The highest BCUT2D eigenvalue weighted by molar-refractivity contribution is 6.45. The zero-order chi connectivity index (χ0) is 20.8. The van der Waals surface area contributed by atoms with Crippen LogP contribution in [0.1, 0.15) is 65.1 Å². The predicted molar refractivity (Wildman–Crippen MR) is 122 cm³/mol. The Balaban J connectivity index is 1.68. The molecule has 0 unspecified atom stereocenters. The smallest absolute Gasteiger partial charge is 0.376 e. The topological polar surface area (TPSA) is 45.6 Å². The van der Waals surface area contributed by atoms with E-state index in [0.29, 0.717) is 0 Å². The summed E-state index contributed by atoms with van der Waals surface area (Å²) in [4.78, 5) is 7.22. The van der Waals surface area contributed by atoms with Gasteiger partial charge in [0, 0.05) is 17.3 Å². The summed E-state index contributed by atoms with van der Waals surface area (Å²) in [5.74, 6) is 1.68. The fourth-order valence-electron chi connectivity index (χ4n) is 5.20. The van der Waals surface area contributed by atoms with Crippen LogP contribution in [0.4, 0.5) is 0 Å². The highest BCUT2D eigenvalue weighted by Gasteiger charge is 2.31. The van der Waals surface area contributed by atoms with Crippen molar-refractivity contribution in [2.75, 3.05) is 20.2 Å². The average Bonchev–Trinajstić information content (AvgIpc) is 3.60. The minimum absolute atomic E-state index is 0.387. The molecule has 2 fully saturated rings. The lowest BCUT2D eigenvalue weighted by Crippen LogP contribution is -2.41. The van der Waals surface area contributed by atoms with Crippen molar-refractivity contribution in [3.63, 3.8) is 0 Å². The Bertz CT molecular complexity index is 1000. The molecule has 156 valence electrons. The van der Waals surface area contributed by atoms with Crippen molar-refractivity contribution in [2.24, 2.45) is 0 Å². The lowest BCUT2D eigenvalue weighted by atomic mass is 9.80. The molecule has 3 aliphatic rings. The zero-order valence-corrected chi connectivity index (χ0v) is 18.4. The molecule has 0 amide bonds. The molecule has 1 saturated heterocycles. The summed E-state index contributed by atoms with van der Waals surface area (Å²) in [6.07, 6.45) is 8.69. The summed E-state index contributed by atoms with van der Waals surface area (Å²) in [7, 11) is 1.39. The predicted octanol–water partition coefficient (Wildman–Crippen LogP) is 4.38. The Morgan fingerprint density at radius 3 is 2.47 bits per heavy atom. The number of rotatable bonds is 3.